The molecule has 0 aromatic rings. The van der Waals surface area contributed by atoms with Crippen LogP contribution in [-0.2, 0) is 23.8 Å². The van der Waals surface area contributed by atoms with E-state index in [1.165, 1.54) is 6.08 Å². The van der Waals surface area contributed by atoms with Crippen LogP contribution >= 0.6 is 0 Å². The van der Waals surface area contributed by atoms with E-state index in [2.05, 4.69) is 6.58 Å². The van der Waals surface area contributed by atoms with E-state index in [0.717, 1.165) is 5.57 Å². The standard InChI is InChI=1S/C19H22O6/c1-9(2)19(22)18(5)15-12(23-16(18)21)6-10(3)11-7-14(20)17(4,24-11)8-13(15)25-19/h6-7,12-13,15,22H,1,8H2,2-5H3/b10-6-/t12-,13+,15-,17-,18-,19-/m1/s1. The number of allylic oxidation sites excluding steroid dienone is 1. The van der Waals surface area contributed by atoms with E-state index in [-0.39, 0.29) is 12.2 Å². The summed E-state index contributed by atoms with van der Waals surface area (Å²) in [4.78, 5) is 25.2. The van der Waals surface area contributed by atoms with Crippen molar-refractivity contribution in [3.63, 3.8) is 0 Å². The Balaban J connectivity index is 1.90. The minimum absolute atomic E-state index is 0.144. The van der Waals surface area contributed by atoms with Crippen molar-refractivity contribution in [1.29, 1.82) is 0 Å². The Kier molecular flexibility index (Phi) is 3.06. The smallest absolute Gasteiger partial charge is 0.318 e. The van der Waals surface area contributed by atoms with Crippen LogP contribution in [0.4, 0.5) is 0 Å². The first kappa shape index (κ1) is 16.5. The largest absolute Gasteiger partial charge is 0.479 e. The maximum atomic E-state index is 12.7. The zero-order chi connectivity index (χ0) is 18.4. The van der Waals surface area contributed by atoms with E-state index in [9.17, 15) is 14.7 Å². The highest BCUT2D eigenvalue weighted by atomic mass is 16.7. The predicted molar refractivity (Wildman–Crippen MR) is 87.1 cm³/mol. The molecule has 0 aromatic heterocycles. The third kappa shape index (κ3) is 1.81. The van der Waals surface area contributed by atoms with E-state index in [1.807, 2.05) is 6.92 Å². The SMILES string of the molecule is C=C(C)[C@@]1(O)O[C@H]2C[C@@]3(C)OC(=CC3=O)/C(C)=C\[C@H]3OC(=O)[C@@]1(C)[C@@H]23. The van der Waals surface area contributed by atoms with Crippen LogP contribution < -0.4 is 0 Å². The highest BCUT2D eigenvalue weighted by Crippen LogP contribution is 2.60. The molecule has 6 heteroatoms. The number of hydrogen-bond acceptors (Lipinski definition) is 6. The molecular formula is C19H22O6. The summed E-state index contributed by atoms with van der Waals surface area (Å²) in [5.41, 5.74) is -1.31. The van der Waals surface area contributed by atoms with E-state index in [4.69, 9.17) is 14.2 Å². The van der Waals surface area contributed by atoms with Gasteiger partial charge in [0.2, 0.25) is 11.6 Å². The molecule has 0 saturated carbocycles. The molecule has 4 heterocycles. The molecular weight excluding hydrogens is 324 g/mol. The van der Waals surface area contributed by atoms with Crippen LogP contribution in [0.15, 0.2) is 35.6 Å². The van der Waals surface area contributed by atoms with Gasteiger partial charge in [-0.1, -0.05) is 6.58 Å². The van der Waals surface area contributed by atoms with Crippen molar-refractivity contribution in [3.8, 4) is 0 Å². The Morgan fingerprint density at radius 3 is 2.68 bits per heavy atom. The van der Waals surface area contributed by atoms with Crippen LogP contribution in [0.2, 0.25) is 0 Å². The number of carbonyl (C=O) groups is 2. The normalized spacial score (nSPS) is 49.9. The van der Waals surface area contributed by atoms with Gasteiger partial charge in [-0.25, -0.2) is 0 Å². The van der Waals surface area contributed by atoms with Gasteiger partial charge >= 0.3 is 5.97 Å². The van der Waals surface area contributed by atoms with Crippen LogP contribution in [0.5, 0.6) is 0 Å². The van der Waals surface area contributed by atoms with Gasteiger partial charge in [-0.05, 0) is 44.9 Å². The molecule has 6 atom stereocenters. The minimum Gasteiger partial charge on any atom is -0.479 e. The first-order valence-electron chi connectivity index (χ1n) is 8.44. The summed E-state index contributed by atoms with van der Waals surface area (Å²) in [5, 5.41) is 11.2. The van der Waals surface area contributed by atoms with Crippen molar-refractivity contribution in [2.45, 2.75) is 57.7 Å². The summed E-state index contributed by atoms with van der Waals surface area (Å²) in [6.45, 7) is 10.6. The molecule has 4 aliphatic rings. The molecule has 2 fully saturated rings. The van der Waals surface area contributed by atoms with Crippen molar-refractivity contribution >= 4 is 11.8 Å². The number of ketones is 1. The monoisotopic (exact) mass is 346 g/mol. The van der Waals surface area contributed by atoms with Crippen LogP contribution in [0.3, 0.4) is 0 Å². The summed E-state index contributed by atoms with van der Waals surface area (Å²) in [7, 11) is 0. The molecule has 2 saturated heterocycles. The summed E-state index contributed by atoms with van der Waals surface area (Å²) >= 11 is 0. The zero-order valence-electron chi connectivity index (χ0n) is 14.8. The number of ether oxygens (including phenoxy) is 3. The number of fused-ring (bicyclic) bond motifs is 2. The Hall–Kier alpha value is -1.92. The van der Waals surface area contributed by atoms with Gasteiger partial charge in [0.25, 0.3) is 0 Å². The molecule has 0 amide bonds. The molecule has 0 spiro atoms. The first-order valence-corrected chi connectivity index (χ1v) is 8.44. The number of rotatable bonds is 1. The van der Waals surface area contributed by atoms with Crippen LogP contribution in [-0.4, -0.2) is 40.5 Å². The van der Waals surface area contributed by atoms with Crippen molar-refractivity contribution in [3.05, 3.63) is 35.6 Å². The number of hydrogen-bond donors (Lipinski definition) is 1. The highest BCUT2D eigenvalue weighted by Gasteiger charge is 2.74. The van der Waals surface area contributed by atoms with E-state index in [0.29, 0.717) is 11.3 Å². The average molecular weight is 346 g/mol. The Morgan fingerprint density at radius 2 is 2.04 bits per heavy atom. The fourth-order valence-corrected chi connectivity index (χ4v) is 4.64. The molecule has 4 rings (SSSR count). The number of aliphatic hydroxyl groups is 1. The van der Waals surface area contributed by atoms with E-state index in [1.54, 1.807) is 26.8 Å². The maximum absolute atomic E-state index is 12.7. The molecule has 0 unspecified atom stereocenters. The number of carbonyl (C=O) groups excluding carboxylic acids is 2. The highest BCUT2D eigenvalue weighted by molar-refractivity contribution is 6.00. The summed E-state index contributed by atoms with van der Waals surface area (Å²) < 4.78 is 17.5. The van der Waals surface area contributed by atoms with Crippen LogP contribution in [0.1, 0.15) is 34.1 Å². The molecule has 1 N–H and O–H groups in total. The van der Waals surface area contributed by atoms with Gasteiger partial charge in [0.05, 0.1) is 6.10 Å². The summed E-state index contributed by atoms with van der Waals surface area (Å²) in [5.74, 6) is -2.45. The Bertz CT molecular complexity index is 779. The average Bonchev–Trinajstić information content (AvgIpc) is 3.03. The second-order valence-corrected chi connectivity index (χ2v) is 7.94. The molecule has 0 aliphatic carbocycles. The van der Waals surface area contributed by atoms with Crippen molar-refractivity contribution in [1.82, 2.24) is 0 Å². The van der Waals surface area contributed by atoms with Crippen molar-refractivity contribution in [2.24, 2.45) is 11.3 Å². The lowest BCUT2D eigenvalue weighted by Crippen LogP contribution is -2.49. The van der Waals surface area contributed by atoms with Gasteiger partial charge in [-0.15, -0.1) is 0 Å². The third-order valence-corrected chi connectivity index (χ3v) is 6.20. The Labute approximate surface area is 146 Å². The summed E-state index contributed by atoms with van der Waals surface area (Å²) in [6, 6.07) is 0. The van der Waals surface area contributed by atoms with E-state index >= 15 is 0 Å². The molecule has 0 radical (unpaired) electrons. The van der Waals surface area contributed by atoms with Crippen LogP contribution in [0, 0.1) is 11.3 Å². The van der Waals surface area contributed by atoms with Gasteiger partial charge in [0, 0.05) is 18.4 Å². The first-order chi connectivity index (χ1) is 11.5. The molecule has 2 bridgehead atoms. The van der Waals surface area contributed by atoms with Crippen molar-refractivity contribution < 1.29 is 28.9 Å². The second kappa shape index (κ2) is 4.62. The molecule has 0 aromatic carbocycles. The zero-order valence-corrected chi connectivity index (χ0v) is 14.8. The lowest BCUT2D eigenvalue weighted by Gasteiger charge is -2.34. The maximum Gasteiger partial charge on any atom is 0.318 e. The quantitative estimate of drug-likeness (QED) is 0.576. The number of esters is 1. The summed E-state index contributed by atoms with van der Waals surface area (Å²) in [6.07, 6.45) is 2.33. The fraction of sp³-hybridized carbons (Fsp3) is 0.579. The lowest BCUT2D eigenvalue weighted by molar-refractivity contribution is -0.219. The van der Waals surface area contributed by atoms with E-state index < -0.39 is 40.9 Å². The minimum atomic E-state index is -1.84. The van der Waals surface area contributed by atoms with Gasteiger partial charge in [-0.3, -0.25) is 9.59 Å². The van der Waals surface area contributed by atoms with Crippen molar-refractivity contribution in [2.75, 3.05) is 0 Å². The van der Waals surface area contributed by atoms with Gasteiger partial charge in [-0.2, -0.15) is 0 Å². The molecule has 134 valence electrons. The fourth-order valence-electron chi connectivity index (χ4n) is 4.64. The van der Waals surface area contributed by atoms with Gasteiger partial charge in [0.1, 0.15) is 17.3 Å². The third-order valence-electron chi connectivity index (χ3n) is 6.20. The molecule has 4 aliphatic heterocycles. The molecule has 25 heavy (non-hydrogen) atoms. The Morgan fingerprint density at radius 1 is 1.36 bits per heavy atom. The lowest BCUT2D eigenvalue weighted by atomic mass is 9.67. The molecule has 6 nitrogen and oxygen atoms in total. The van der Waals surface area contributed by atoms with Gasteiger partial charge in [0.15, 0.2) is 5.60 Å². The topological polar surface area (TPSA) is 82.1 Å². The van der Waals surface area contributed by atoms with Crippen LogP contribution in [0.25, 0.3) is 0 Å². The predicted octanol–water partition coefficient (Wildman–Crippen LogP) is 1.79. The second-order valence-electron chi connectivity index (χ2n) is 7.94. The van der Waals surface area contributed by atoms with Gasteiger partial charge < -0.3 is 19.3 Å².